The summed E-state index contributed by atoms with van der Waals surface area (Å²) in [6.45, 7) is 1.53. The number of benzene rings is 4. The normalized spacial score (nSPS) is 17.4. The van der Waals surface area contributed by atoms with Crippen molar-refractivity contribution in [2.24, 2.45) is 0 Å². The van der Waals surface area contributed by atoms with Crippen LogP contribution in [0.4, 0.5) is 5.69 Å². The topological polar surface area (TPSA) is 24.5 Å². The van der Waals surface area contributed by atoms with Crippen molar-refractivity contribution in [2.75, 3.05) is 29.7 Å². The highest BCUT2D eigenvalue weighted by atomic mass is 35.5. The Morgan fingerprint density at radius 1 is 0.727 bits per heavy atom. The molecule has 33 heavy (non-hydrogen) atoms. The third kappa shape index (κ3) is 4.54. The molecule has 2 atom stereocenters. The SMILES string of the molecule is ClCCN(CCCl)c1ccc([C@@H]2N[C@@H](c3ccccc3)c3c(ccc4ccccc34)O2)cc1. The lowest BCUT2D eigenvalue weighted by Crippen LogP contribution is -2.35. The van der Waals surface area contributed by atoms with Crippen LogP contribution in [0, 0.1) is 0 Å². The van der Waals surface area contributed by atoms with Gasteiger partial charge in [-0.2, -0.15) is 0 Å². The predicted molar refractivity (Wildman–Crippen MR) is 139 cm³/mol. The van der Waals surface area contributed by atoms with Crippen molar-refractivity contribution in [3.05, 3.63) is 108 Å². The molecule has 3 nitrogen and oxygen atoms in total. The van der Waals surface area contributed by atoms with Crippen LogP contribution in [0.1, 0.15) is 29.0 Å². The standard InChI is InChI=1S/C28H26Cl2N2O/c29-16-18-32(19-17-30)23-13-10-22(11-14-23)28-31-27(21-7-2-1-3-8-21)26-24-9-5-4-6-20(24)12-15-25(26)33-28/h1-15,27-28,31H,16-19H2/t27-,28+/m0/s1. The molecular weight excluding hydrogens is 451 g/mol. The molecule has 0 aliphatic carbocycles. The van der Waals surface area contributed by atoms with Gasteiger partial charge < -0.3 is 9.64 Å². The molecule has 0 fully saturated rings. The Kier molecular flexibility index (Phi) is 6.73. The molecule has 0 aromatic heterocycles. The molecule has 0 bridgehead atoms. The van der Waals surface area contributed by atoms with Gasteiger partial charge in [-0.25, -0.2) is 0 Å². The Morgan fingerprint density at radius 2 is 1.42 bits per heavy atom. The number of alkyl halides is 2. The molecule has 0 amide bonds. The van der Waals surface area contributed by atoms with Crippen LogP contribution >= 0.6 is 23.2 Å². The van der Waals surface area contributed by atoms with E-state index in [0.29, 0.717) is 11.8 Å². The maximum Gasteiger partial charge on any atom is 0.177 e. The van der Waals surface area contributed by atoms with Crippen molar-refractivity contribution < 1.29 is 4.74 Å². The van der Waals surface area contributed by atoms with E-state index in [2.05, 4.69) is 101 Å². The number of fused-ring (bicyclic) bond motifs is 3. The Balaban J connectivity index is 1.52. The fourth-order valence-corrected chi connectivity index (χ4v) is 4.99. The van der Waals surface area contributed by atoms with Gasteiger partial charge in [0, 0.05) is 41.7 Å². The highest BCUT2D eigenvalue weighted by Gasteiger charge is 2.31. The van der Waals surface area contributed by atoms with Gasteiger partial charge in [-0.3, -0.25) is 5.32 Å². The molecule has 1 aliphatic heterocycles. The number of hydrogen-bond acceptors (Lipinski definition) is 3. The first-order valence-corrected chi connectivity index (χ1v) is 12.3. The van der Waals surface area contributed by atoms with Gasteiger partial charge in [0.1, 0.15) is 5.75 Å². The minimum Gasteiger partial charge on any atom is -0.471 e. The average molecular weight is 477 g/mol. The highest BCUT2D eigenvalue weighted by molar-refractivity contribution is 6.18. The first-order valence-electron chi connectivity index (χ1n) is 11.2. The van der Waals surface area contributed by atoms with E-state index >= 15 is 0 Å². The van der Waals surface area contributed by atoms with Crippen molar-refractivity contribution in [1.29, 1.82) is 0 Å². The third-order valence-electron chi connectivity index (χ3n) is 6.18. The summed E-state index contributed by atoms with van der Waals surface area (Å²) in [6.07, 6.45) is -0.257. The number of halogens is 2. The number of hydrogen-bond donors (Lipinski definition) is 1. The lowest BCUT2D eigenvalue weighted by atomic mass is 9.91. The van der Waals surface area contributed by atoms with Crippen LogP contribution in [-0.4, -0.2) is 24.8 Å². The van der Waals surface area contributed by atoms with E-state index in [4.69, 9.17) is 27.9 Å². The van der Waals surface area contributed by atoms with Gasteiger partial charge in [0.2, 0.25) is 0 Å². The lowest BCUT2D eigenvalue weighted by Gasteiger charge is -2.35. The summed E-state index contributed by atoms with van der Waals surface area (Å²) in [4.78, 5) is 2.20. The number of rotatable bonds is 7. The molecule has 1 heterocycles. The highest BCUT2D eigenvalue weighted by Crippen LogP contribution is 2.42. The number of nitrogens with one attached hydrogen (secondary N) is 1. The van der Waals surface area contributed by atoms with Crippen molar-refractivity contribution in [3.63, 3.8) is 0 Å². The zero-order valence-electron chi connectivity index (χ0n) is 18.3. The Morgan fingerprint density at radius 3 is 2.15 bits per heavy atom. The van der Waals surface area contributed by atoms with Crippen LogP contribution in [0.2, 0.25) is 0 Å². The quantitative estimate of drug-likeness (QED) is 0.293. The van der Waals surface area contributed by atoms with E-state index in [-0.39, 0.29) is 12.3 Å². The molecule has 0 unspecified atom stereocenters. The zero-order chi connectivity index (χ0) is 22.6. The second kappa shape index (κ2) is 10.0. The average Bonchev–Trinajstić information content (AvgIpc) is 2.88. The smallest absolute Gasteiger partial charge is 0.177 e. The predicted octanol–water partition coefficient (Wildman–Crippen LogP) is 6.89. The molecular formula is C28H26Cl2N2O. The van der Waals surface area contributed by atoms with Gasteiger partial charge >= 0.3 is 0 Å². The minimum atomic E-state index is -0.257. The summed E-state index contributed by atoms with van der Waals surface area (Å²) in [5.74, 6) is 2.05. The molecule has 0 saturated heterocycles. The second-order valence-corrected chi connectivity index (χ2v) is 8.92. The van der Waals surface area contributed by atoms with Crippen molar-refractivity contribution in [2.45, 2.75) is 12.3 Å². The van der Waals surface area contributed by atoms with Crippen molar-refractivity contribution in [3.8, 4) is 5.75 Å². The summed E-state index contributed by atoms with van der Waals surface area (Å²) in [5.41, 5.74) is 4.59. The maximum atomic E-state index is 6.51. The van der Waals surface area contributed by atoms with Crippen molar-refractivity contribution >= 4 is 39.7 Å². The van der Waals surface area contributed by atoms with E-state index < -0.39 is 0 Å². The van der Waals surface area contributed by atoms with Gasteiger partial charge in [-0.1, -0.05) is 72.8 Å². The van der Waals surface area contributed by atoms with Crippen LogP contribution in [0.25, 0.3) is 10.8 Å². The third-order valence-corrected chi connectivity index (χ3v) is 6.52. The molecule has 5 rings (SSSR count). The monoisotopic (exact) mass is 476 g/mol. The van der Waals surface area contributed by atoms with Gasteiger partial charge in [-0.05, 0) is 34.5 Å². The summed E-state index contributed by atoms with van der Waals surface area (Å²) >= 11 is 12.0. The number of nitrogens with zero attached hydrogens (tertiary/aromatic N) is 1. The van der Waals surface area contributed by atoms with Crippen LogP contribution in [0.3, 0.4) is 0 Å². The second-order valence-electron chi connectivity index (χ2n) is 8.16. The Labute approximate surface area is 204 Å². The van der Waals surface area contributed by atoms with E-state index in [1.165, 1.54) is 21.9 Å². The van der Waals surface area contributed by atoms with Crippen LogP contribution in [0.5, 0.6) is 5.75 Å². The van der Waals surface area contributed by atoms with Gasteiger partial charge in [-0.15, -0.1) is 23.2 Å². The Bertz CT molecular complexity index is 1210. The Hall–Kier alpha value is -2.72. The zero-order valence-corrected chi connectivity index (χ0v) is 19.8. The first kappa shape index (κ1) is 22.1. The fraction of sp³-hybridized carbons (Fsp3) is 0.214. The van der Waals surface area contributed by atoms with E-state index in [0.717, 1.165) is 30.1 Å². The summed E-state index contributed by atoms with van der Waals surface area (Å²) in [6, 6.07) is 31.8. The molecule has 5 heteroatoms. The van der Waals surface area contributed by atoms with E-state index in [1.807, 2.05) is 0 Å². The van der Waals surface area contributed by atoms with E-state index in [1.54, 1.807) is 0 Å². The van der Waals surface area contributed by atoms with Gasteiger partial charge in [0.15, 0.2) is 6.23 Å². The summed E-state index contributed by atoms with van der Waals surface area (Å²) < 4.78 is 6.51. The molecule has 1 N–H and O–H groups in total. The first-order chi connectivity index (χ1) is 16.3. The van der Waals surface area contributed by atoms with Crippen molar-refractivity contribution in [1.82, 2.24) is 5.32 Å². The molecule has 0 radical (unpaired) electrons. The van der Waals surface area contributed by atoms with Gasteiger partial charge in [0.05, 0.1) is 6.04 Å². The fourth-order valence-electron chi connectivity index (χ4n) is 4.58. The summed E-state index contributed by atoms with van der Waals surface area (Å²) in [7, 11) is 0. The van der Waals surface area contributed by atoms with Crippen LogP contribution in [0.15, 0.2) is 91.0 Å². The van der Waals surface area contributed by atoms with Crippen LogP contribution < -0.4 is 15.0 Å². The lowest BCUT2D eigenvalue weighted by molar-refractivity contribution is 0.134. The largest absolute Gasteiger partial charge is 0.471 e. The molecule has 4 aromatic rings. The molecule has 0 spiro atoms. The maximum absolute atomic E-state index is 6.51. The van der Waals surface area contributed by atoms with E-state index in [9.17, 15) is 0 Å². The minimum absolute atomic E-state index is 0.0229. The van der Waals surface area contributed by atoms with Gasteiger partial charge in [0.25, 0.3) is 0 Å². The molecule has 4 aromatic carbocycles. The molecule has 0 saturated carbocycles. The number of ether oxygens (including phenoxy) is 1. The molecule has 1 aliphatic rings. The molecule has 168 valence electrons. The summed E-state index contributed by atoms with van der Waals surface area (Å²) in [5, 5.41) is 6.18. The van der Waals surface area contributed by atoms with Crippen LogP contribution in [-0.2, 0) is 0 Å². The number of anilines is 1.